The van der Waals surface area contributed by atoms with Crippen LogP contribution in [0.3, 0.4) is 0 Å². The molecule has 2 N–H and O–H groups in total. The highest BCUT2D eigenvalue weighted by atomic mass is 31.2. The number of esters is 3. The molecule has 0 aromatic carbocycles. The predicted molar refractivity (Wildman–Crippen MR) is 316 cm³/mol. The number of phosphoric ester groups is 1. The maximum atomic E-state index is 12.9. The molecule has 0 radical (unpaired) electrons. The number of ether oxygens (including phenoxy) is 3. The molecule has 0 saturated heterocycles. The van der Waals surface area contributed by atoms with Gasteiger partial charge in [0, 0.05) is 19.3 Å². The van der Waals surface area contributed by atoms with Crippen LogP contribution in [0.5, 0.6) is 0 Å². The average molecular weight is 1090 g/mol. The third kappa shape index (κ3) is 55.2. The lowest BCUT2D eigenvalue weighted by atomic mass is 10.1. The third-order valence-electron chi connectivity index (χ3n) is 12.5. The number of hydrogen-bond acceptors (Lipinski definition) is 10. The Kier molecular flexibility index (Phi) is 54.8. The van der Waals surface area contributed by atoms with Crippen molar-refractivity contribution in [3.8, 4) is 0 Å². The van der Waals surface area contributed by atoms with Gasteiger partial charge in [-0.2, -0.15) is 0 Å². The molecule has 0 aliphatic rings. The molecule has 0 aromatic heterocycles. The molecule has 0 fully saturated rings. The van der Waals surface area contributed by atoms with Crippen LogP contribution in [0.2, 0.25) is 0 Å². The molecule has 76 heavy (non-hydrogen) atoms. The number of allylic oxidation sites excluding steroid dienone is 16. The highest BCUT2D eigenvalue weighted by Crippen LogP contribution is 2.43. The highest BCUT2D eigenvalue weighted by molar-refractivity contribution is 7.47. The number of carbonyl (C=O) groups is 3. The maximum absolute atomic E-state index is 12.9. The van der Waals surface area contributed by atoms with E-state index >= 15 is 0 Å². The van der Waals surface area contributed by atoms with Crippen molar-refractivity contribution in [1.82, 2.24) is 0 Å². The second-order valence-corrected chi connectivity index (χ2v) is 21.2. The lowest BCUT2D eigenvalue weighted by Gasteiger charge is -2.21. The van der Waals surface area contributed by atoms with Crippen LogP contribution in [0.4, 0.5) is 0 Å². The van der Waals surface area contributed by atoms with E-state index in [4.69, 9.17) is 23.3 Å². The van der Waals surface area contributed by atoms with Crippen LogP contribution in [-0.2, 0) is 42.2 Å². The Hall–Kier alpha value is -3.60. The lowest BCUT2D eigenvalue weighted by Crippen LogP contribution is -2.30. The Morgan fingerprint density at radius 2 is 0.684 bits per heavy atom. The minimum absolute atomic E-state index is 0.143. The fourth-order valence-corrected chi connectivity index (χ4v) is 8.73. The summed E-state index contributed by atoms with van der Waals surface area (Å²) in [7, 11) is -4.77. The first-order chi connectivity index (χ1) is 37.2. The second kappa shape index (κ2) is 57.6. The third-order valence-corrected chi connectivity index (χ3v) is 13.4. The molecule has 0 amide bonds. The van der Waals surface area contributed by atoms with Crippen LogP contribution in [0.15, 0.2) is 97.2 Å². The van der Waals surface area contributed by atoms with E-state index in [-0.39, 0.29) is 25.9 Å². The van der Waals surface area contributed by atoms with Crippen molar-refractivity contribution in [3.63, 3.8) is 0 Å². The van der Waals surface area contributed by atoms with Crippen LogP contribution in [0.25, 0.3) is 0 Å². The van der Waals surface area contributed by atoms with Gasteiger partial charge >= 0.3 is 25.7 Å². The summed E-state index contributed by atoms with van der Waals surface area (Å²) >= 11 is 0. The summed E-state index contributed by atoms with van der Waals surface area (Å²) < 4.78 is 39.5. The van der Waals surface area contributed by atoms with Gasteiger partial charge in [0.15, 0.2) is 6.10 Å². The van der Waals surface area contributed by atoms with Gasteiger partial charge in [-0.05, 0) is 116 Å². The standard InChI is InChI=1S/C64H109O11P/c1-4-7-10-13-16-19-22-25-28-30-33-36-39-42-45-48-51-54-63(67)74-60(56-65)58-72-76(69,70)73-59-61(57-71-62(66)53-50-47-44-41-38-35-32-27-24-21-18-15-12-9-6-3)75-64(68)55-52-49-46-43-40-37-34-31-29-26-23-20-17-14-11-8-5-2/h8-9,11-12,17-18,20-21,25-29,32,38,41,60-61,65H,4-7,10,13-16,19,22-24,30-31,33-37,39-40,42-59H2,1-3H3,(H,69,70)/b11-8-,12-9-,20-17-,21-18-,28-25-,29-26-,32-27-,41-38-. The monoisotopic (exact) mass is 1080 g/mol. The van der Waals surface area contributed by atoms with Crippen molar-refractivity contribution >= 4 is 25.7 Å². The normalized spacial score (nSPS) is 14.0. The number of aliphatic hydroxyl groups is 1. The van der Waals surface area contributed by atoms with Gasteiger partial charge in [-0.1, -0.05) is 214 Å². The summed E-state index contributed by atoms with van der Waals surface area (Å²) in [6.45, 7) is 4.37. The first-order valence-corrected chi connectivity index (χ1v) is 31.6. The van der Waals surface area contributed by atoms with Crippen molar-refractivity contribution in [1.29, 1.82) is 0 Å². The quantitative estimate of drug-likeness (QED) is 0.0197. The number of aliphatic hydroxyl groups excluding tert-OH is 1. The Morgan fingerprint density at radius 3 is 1.09 bits per heavy atom. The van der Waals surface area contributed by atoms with Crippen LogP contribution in [0.1, 0.15) is 252 Å². The number of phosphoric acid groups is 1. The molecule has 12 heteroatoms. The topological polar surface area (TPSA) is 155 Å². The van der Waals surface area contributed by atoms with E-state index < -0.39 is 57.8 Å². The minimum Gasteiger partial charge on any atom is -0.462 e. The van der Waals surface area contributed by atoms with Crippen molar-refractivity contribution in [2.24, 2.45) is 0 Å². The van der Waals surface area contributed by atoms with Crippen molar-refractivity contribution in [2.45, 2.75) is 264 Å². The van der Waals surface area contributed by atoms with E-state index in [1.54, 1.807) is 0 Å². The molecular formula is C64H109O11P. The summed E-state index contributed by atoms with van der Waals surface area (Å²) in [5.74, 6) is -1.53. The number of carbonyl (C=O) groups excluding carboxylic acids is 3. The summed E-state index contributed by atoms with van der Waals surface area (Å²) in [4.78, 5) is 48.6. The van der Waals surface area contributed by atoms with Gasteiger partial charge < -0.3 is 24.2 Å². The van der Waals surface area contributed by atoms with Gasteiger partial charge in [0.05, 0.1) is 19.8 Å². The first kappa shape index (κ1) is 72.4. The number of rotatable bonds is 55. The molecule has 436 valence electrons. The lowest BCUT2D eigenvalue weighted by molar-refractivity contribution is -0.161. The highest BCUT2D eigenvalue weighted by Gasteiger charge is 2.28. The predicted octanol–water partition coefficient (Wildman–Crippen LogP) is 18.0. The summed E-state index contributed by atoms with van der Waals surface area (Å²) in [6.07, 6.45) is 67.9. The SMILES string of the molecule is CC/C=C\C/C=C\C/C=C\C/C=C\CCCCC(=O)OCC(COP(=O)(O)OCC(CO)OC(=O)CCCCCCCCC/C=C\CCCCCCCC)OC(=O)CCCCCCCCC/C=C\C/C=C\C/C=C\CC. The zero-order chi connectivity index (χ0) is 55.5. The minimum atomic E-state index is -4.77. The maximum Gasteiger partial charge on any atom is 0.472 e. The Balaban J connectivity index is 4.76. The largest absolute Gasteiger partial charge is 0.472 e. The van der Waals surface area contributed by atoms with Gasteiger partial charge in [-0.25, -0.2) is 4.57 Å². The Bertz CT molecular complexity index is 1640. The molecule has 11 nitrogen and oxygen atoms in total. The van der Waals surface area contributed by atoms with Crippen LogP contribution >= 0.6 is 7.82 Å². The number of hydrogen-bond donors (Lipinski definition) is 2. The van der Waals surface area contributed by atoms with Crippen molar-refractivity contribution < 1.29 is 52.2 Å². The molecule has 0 aliphatic carbocycles. The van der Waals surface area contributed by atoms with Gasteiger partial charge in [0.1, 0.15) is 12.7 Å². The molecule has 0 heterocycles. The van der Waals surface area contributed by atoms with E-state index in [0.717, 1.165) is 122 Å². The first-order valence-electron chi connectivity index (χ1n) is 30.1. The molecule has 0 rings (SSSR count). The molecule has 0 saturated carbocycles. The van der Waals surface area contributed by atoms with Crippen molar-refractivity contribution in [2.75, 3.05) is 26.4 Å². The van der Waals surface area contributed by atoms with E-state index in [1.807, 2.05) is 0 Å². The fourth-order valence-electron chi connectivity index (χ4n) is 7.94. The zero-order valence-corrected chi connectivity index (χ0v) is 49.1. The van der Waals surface area contributed by atoms with E-state index in [0.29, 0.717) is 19.3 Å². The summed E-state index contributed by atoms with van der Waals surface area (Å²) in [5.41, 5.74) is 0. The van der Waals surface area contributed by atoms with Crippen LogP contribution < -0.4 is 0 Å². The van der Waals surface area contributed by atoms with Crippen molar-refractivity contribution in [3.05, 3.63) is 97.2 Å². The van der Waals surface area contributed by atoms with Crippen LogP contribution in [-0.4, -0.2) is 66.5 Å². The van der Waals surface area contributed by atoms with Gasteiger partial charge in [-0.15, -0.1) is 0 Å². The molecule has 0 bridgehead atoms. The second-order valence-electron chi connectivity index (χ2n) is 19.7. The Morgan fingerprint density at radius 1 is 0.382 bits per heavy atom. The van der Waals surface area contributed by atoms with E-state index in [9.17, 15) is 28.9 Å². The van der Waals surface area contributed by atoms with Crippen LogP contribution in [0, 0.1) is 0 Å². The van der Waals surface area contributed by atoms with E-state index in [2.05, 4.69) is 118 Å². The summed E-state index contributed by atoms with van der Waals surface area (Å²) in [6, 6.07) is 0. The molecular weight excluding hydrogens is 976 g/mol. The molecule has 3 atom stereocenters. The fraction of sp³-hybridized carbons (Fsp3) is 0.703. The Labute approximate surface area is 463 Å². The van der Waals surface area contributed by atoms with Gasteiger partial charge in [0.25, 0.3) is 0 Å². The molecule has 0 aromatic rings. The molecule has 0 aliphatic heterocycles. The average Bonchev–Trinajstić information content (AvgIpc) is 3.41. The summed E-state index contributed by atoms with van der Waals surface area (Å²) in [5, 5.41) is 9.84. The molecule has 3 unspecified atom stereocenters. The van der Waals surface area contributed by atoms with E-state index in [1.165, 1.54) is 70.6 Å². The van der Waals surface area contributed by atoms with Gasteiger partial charge in [-0.3, -0.25) is 23.4 Å². The van der Waals surface area contributed by atoms with Gasteiger partial charge in [0.2, 0.25) is 0 Å². The number of unbranched alkanes of at least 4 members (excludes halogenated alkanes) is 22. The smallest absolute Gasteiger partial charge is 0.462 e. The molecule has 0 spiro atoms. The zero-order valence-electron chi connectivity index (χ0n) is 48.2.